The number of carbonyl (C=O) groups excluding carboxylic acids is 1. The molecule has 2 aromatic rings. The van der Waals surface area contributed by atoms with Crippen LogP contribution >= 0.6 is 0 Å². The maximum atomic E-state index is 12.4. The van der Waals surface area contributed by atoms with Crippen LogP contribution in [0.1, 0.15) is 38.5 Å². The number of hydrogen-bond donors (Lipinski definition) is 2. The van der Waals surface area contributed by atoms with Crippen LogP contribution in [0.25, 0.3) is 11.1 Å². The van der Waals surface area contributed by atoms with E-state index in [0.29, 0.717) is 13.0 Å². The van der Waals surface area contributed by atoms with Crippen LogP contribution in [0.4, 0.5) is 10.5 Å². The number of benzene rings is 2. The van der Waals surface area contributed by atoms with E-state index in [4.69, 9.17) is 0 Å². The van der Waals surface area contributed by atoms with Gasteiger partial charge in [-0.3, -0.25) is 9.69 Å². The first-order valence-corrected chi connectivity index (χ1v) is 12.8. The fraction of sp³-hybridized carbons (Fsp3) is 0.500. The summed E-state index contributed by atoms with van der Waals surface area (Å²) < 4.78 is 0. The quantitative estimate of drug-likeness (QED) is 0.436. The van der Waals surface area contributed by atoms with Crippen molar-refractivity contribution >= 4 is 17.7 Å². The van der Waals surface area contributed by atoms with Crippen LogP contribution in [0.2, 0.25) is 0 Å². The number of likely N-dealkylation sites (tertiary alicyclic amines) is 1. The third-order valence-corrected chi connectivity index (χ3v) is 6.87. The van der Waals surface area contributed by atoms with Gasteiger partial charge >= 0.3 is 6.09 Å². The Morgan fingerprint density at radius 3 is 2.37 bits per heavy atom. The molecule has 1 aliphatic rings. The molecule has 1 saturated heterocycles. The van der Waals surface area contributed by atoms with E-state index < -0.39 is 6.09 Å². The van der Waals surface area contributed by atoms with E-state index in [1.54, 1.807) is 4.90 Å². The first-order chi connectivity index (χ1) is 17.0. The Balaban J connectivity index is 1.52. The summed E-state index contributed by atoms with van der Waals surface area (Å²) >= 11 is 0. The van der Waals surface area contributed by atoms with Crippen LogP contribution in [0.3, 0.4) is 0 Å². The topological polar surface area (TPSA) is 76.1 Å². The molecule has 0 aromatic heterocycles. The number of para-hydroxylation sites is 1. The normalized spacial score (nSPS) is 14.6. The molecule has 35 heavy (non-hydrogen) atoms. The number of hydrogen-bond acceptors (Lipinski definition) is 4. The highest BCUT2D eigenvalue weighted by molar-refractivity contribution is 5.93. The highest BCUT2D eigenvalue weighted by Crippen LogP contribution is 2.34. The molecule has 7 heteroatoms. The molecular weight excluding hydrogens is 440 g/mol. The molecule has 0 aliphatic carbocycles. The van der Waals surface area contributed by atoms with Crippen molar-refractivity contribution < 1.29 is 14.7 Å². The van der Waals surface area contributed by atoms with Gasteiger partial charge in [-0.1, -0.05) is 55.0 Å². The monoisotopic (exact) mass is 480 g/mol. The number of likely N-dealkylation sites (N-methyl/N-ethyl adjacent to an activating group) is 1. The average Bonchev–Trinajstić information content (AvgIpc) is 2.88. The molecule has 3 rings (SSSR count). The highest BCUT2D eigenvalue weighted by atomic mass is 16.4. The van der Waals surface area contributed by atoms with Crippen molar-refractivity contribution in [2.24, 2.45) is 0 Å². The van der Waals surface area contributed by atoms with Crippen molar-refractivity contribution in [3.05, 3.63) is 54.6 Å². The largest absolute Gasteiger partial charge is 0.465 e. The second-order valence-corrected chi connectivity index (χ2v) is 9.34. The molecular formula is C28H40N4O3. The van der Waals surface area contributed by atoms with Gasteiger partial charge in [0.05, 0.1) is 5.69 Å². The Morgan fingerprint density at radius 1 is 1.00 bits per heavy atom. The minimum absolute atomic E-state index is 0.0643. The zero-order valence-electron chi connectivity index (χ0n) is 21.2. The Labute approximate surface area is 209 Å². The zero-order chi connectivity index (χ0) is 25.0. The van der Waals surface area contributed by atoms with E-state index in [-0.39, 0.29) is 11.9 Å². The lowest BCUT2D eigenvalue weighted by Gasteiger charge is -2.38. The molecule has 0 bridgehead atoms. The maximum Gasteiger partial charge on any atom is 0.412 e. The summed E-state index contributed by atoms with van der Waals surface area (Å²) in [5.41, 5.74) is 2.69. The van der Waals surface area contributed by atoms with Gasteiger partial charge in [-0.2, -0.15) is 0 Å². The summed E-state index contributed by atoms with van der Waals surface area (Å²) in [5, 5.41) is 13.3. The van der Waals surface area contributed by atoms with Gasteiger partial charge in [0.2, 0.25) is 5.91 Å². The Morgan fingerprint density at radius 2 is 1.69 bits per heavy atom. The van der Waals surface area contributed by atoms with Gasteiger partial charge in [0.15, 0.2) is 0 Å². The molecule has 7 nitrogen and oxygen atoms in total. The van der Waals surface area contributed by atoms with Gasteiger partial charge in [0.25, 0.3) is 0 Å². The van der Waals surface area contributed by atoms with Crippen LogP contribution in [0.15, 0.2) is 54.6 Å². The van der Waals surface area contributed by atoms with Gasteiger partial charge in [0, 0.05) is 51.3 Å². The molecule has 2 amide bonds. The van der Waals surface area contributed by atoms with Crippen molar-refractivity contribution in [1.29, 1.82) is 0 Å². The number of carboxylic acid groups (broad SMARTS) is 1. The van der Waals surface area contributed by atoms with Crippen LogP contribution < -0.4 is 10.2 Å². The predicted molar refractivity (Wildman–Crippen MR) is 142 cm³/mol. The number of piperidine rings is 1. The van der Waals surface area contributed by atoms with E-state index in [2.05, 4.69) is 10.2 Å². The average molecular weight is 481 g/mol. The molecule has 0 radical (unpaired) electrons. The molecule has 0 atom stereocenters. The number of anilines is 1. The molecule has 0 saturated carbocycles. The van der Waals surface area contributed by atoms with Crippen LogP contribution in [0.5, 0.6) is 0 Å². The minimum Gasteiger partial charge on any atom is -0.465 e. The van der Waals surface area contributed by atoms with Gasteiger partial charge in [0.1, 0.15) is 0 Å². The Kier molecular flexibility index (Phi) is 10.6. The summed E-state index contributed by atoms with van der Waals surface area (Å²) in [6.45, 7) is 4.18. The third kappa shape index (κ3) is 7.80. The van der Waals surface area contributed by atoms with E-state index in [0.717, 1.165) is 75.1 Å². The fourth-order valence-corrected chi connectivity index (χ4v) is 4.76. The van der Waals surface area contributed by atoms with E-state index in [9.17, 15) is 14.7 Å². The predicted octanol–water partition coefficient (Wildman–Crippen LogP) is 4.54. The lowest BCUT2D eigenvalue weighted by Crippen LogP contribution is -2.48. The smallest absolute Gasteiger partial charge is 0.412 e. The lowest BCUT2D eigenvalue weighted by molar-refractivity contribution is -0.130. The first-order valence-electron chi connectivity index (χ1n) is 12.8. The lowest BCUT2D eigenvalue weighted by atomic mass is 9.98. The second-order valence-electron chi connectivity index (χ2n) is 9.34. The second kappa shape index (κ2) is 13.9. The Bertz CT molecular complexity index is 929. The van der Waals surface area contributed by atoms with Crippen molar-refractivity contribution in [2.45, 2.75) is 44.6 Å². The van der Waals surface area contributed by atoms with E-state index >= 15 is 0 Å². The van der Waals surface area contributed by atoms with Gasteiger partial charge < -0.3 is 20.2 Å². The summed E-state index contributed by atoms with van der Waals surface area (Å²) in [6, 6.07) is 17.6. The maximum absolute atomic E-state index is 12.4. The summed E-state index contributed by atoms with van der Waals surface area (Å²) in [5.74, 6) is 0.207. The van der Waals surface area contributed by atoms with Crippen molar-refractivity contribution in [2.75, 3.05) is 51.7 Å². The van der Waals surface area contributed by atoms with Gasteiger partial charge in [-0.15, -0.1) is 0 Å². The van der Waals surface area contributed by atoms with Gasteiger partial charge in [-0.05, 0) is 50.9 Å². The molecule has 1 aliphatic heterocycles. The zero-order valence-corrected chi connectivity index (χ0v) is 21.2. The van der Waals surface area contributed by atoms with Crippen molar-refractivity contribution in [3.8, 4) is 11.1 Å². The molecule has 1 fully saturated rings. The standard InChI is InChI=1S/C28H40N4O3/c1-29-18-10-4-7-15-27(33)30(2)21-22-31-19-16-24(17-20-31)32(28(34)35)26-14-9-8-13-25(26)23-11-5-3-6-12-23/h3,5-6,8-9,11-14,24,29H,4,7,10,15-22H2,1-2H3,(H,34,35). The van der Waals surface area contributed by atoms with Crippen molar-refractivity contribution in [1.82, 2.24) is 15.1 Å². The van der Waals surface area contributed by atoms with Crippen LogP contribution in [-0.4, -0.2) is 79.8 Å². The Hall–Kier alpha value is -2.90. The minimum atomic E-state index is -0.910. The molecule has 190 valence electrons. The van der Waals surface area contributed by atoms with E-state index in [1.807, 2.05) is 73.6 Å². The van der Waals surface area contributed by atoms with Gasteiger partial charge in [-0.25, -0.2) is 4.79 Å². The van der Waals surface area contributed by atoms with Crippen molar-refractivity contribution in [3.63, 3.8) is 0 Å². The number of amides is 2. The molecule has 1 heterocycles. The third-order valence-electron chi connectivity index (χ3n) is 6.87. The number of nitrogens with zero attached hydrogens (tertiary/aromatic N) is 3. The number of unbranched alkanes of at least 4 members (excludes halogenated alkanes) is 2. The SMILES string of the molecule is CNCCCCCC(=O)N(C)CCN1CCC(N(C(=O)O)c2ccccc2-c2ccccc2)CC1. The summed E-state index contributed by atoms with van der Waals surface area (Å²) in [6.07, 6.45) is 4.36. The number of rotatable bonds is 12. The van der Waals surface area contributed by atoms with Crippen LogP contribution in [0, 0.1) is 0 Å². The number of carbonyl (C=O) groups is 2. The fourth-order valence-electron chi connectivity index (χ4n) is 4.76. The van der Waals surface area contributed by atoms with E-state index in [1.165, 1.54) is 0 Å². The highest BCUT2D eigenvalue weighted by Gasteiger charge is 2.30. The summed E-state index contributed by atoms with van der Waals surface area (Å²) in [7, 11) is 3.83. The summed E-state index contributed by atoms with van der Waals surface area (Å²) in [4.78, 5) is 30.5. The number of nitrogens with one attached hydrogen (secondary N) is 1. The van der Waals surface area contributed by atoms with Crippen LogP contribution in [-0.2, 0) is 4.79 Å². The first kappa shape index (κ1) is 26.7. The molecule has 0 spiro atoms. The molecule has 2 aromatic carbocycles. The molecule has 2 N–H and O–H groups in total. The molecule has 0 unspecified atom stereocenters.